The summed E-state index contributed by atoms with van der Waals surface area (Å²) < 4.78 is 0. The monoisotopic (exact) mass is 282 g/mol. The van der Waals surface area contributed by atoms with Gasteiger partial charge in [-0.3, -0.25) is 4.79 Å². The van der Waals surface area contributed by atoms with Gasteiger partial charge in [-0.15, -0.1) is 0 Å². The van der Waals surface area contributed by atoms with Gasteiger partial charge in [0.05, 0.1) is 18.1 Å². The van der Waals surface area contributed by atoms with E-state index in [4.69, 9.17) is 5.26 Å². The van der Waals surface area contributed by atoms with E-state index < -0.39 is 0 Å². The number of carbonyl (C=O) groups is 1. The molecule has 0 aromatic heterocycles. The number of hydrogen-bond donors (Lipinski definition) is 0. The summed E-state index contributed by atoms with van der Waals surface area (Å²) in [5.74, 6) is 0.992. The quantitative estimate of drug-likeness (QED) is 0.854. The maximum Gasteiger partial charge on any atom is 0.227 e. The lowest BCUT2D eigenvalue weighted by molar-refractivity contribution is -0.132. The summed E-state index contributed by atoms with van der Waals surface area (Å²) in [7, 11) is 0. The average molecular weight is 282 g/mol. The fourth-order valence-corrected chi connectivity index (χ4v) is 3.91. The fourth-order valence-electron chi connectivity index (χ4n) is 3.91. The maximum atomic E-state index is 12.6. The van der Waals surface area contributed by atoms with Crippen LogP contribution in [0.25, 0.3) is 0 Å². The largest absolute Gasteiger partial charge is 0.339 e. The van der Waals surface area contributed by atoms with E-state index in [1.165, 1.54) is 32.1 Å². The number of hydrogen-bond acceptors (Lipinski definition) is 2. The van der Waals surface area contributed by atoms with Crippen LogP contribution in [0.4, 0.5) is 0 Å². The van der Waals surface area contributed by atoms with Gasteiger partial charge < -0.3 is 4.90 Å². The molecule has 3 heteroatoms. The Labute approximate surface area is 126 Å². The zero-order chi connectivity index (χ0) is 14.7. The highest BCUT2D eigenvalue weighted by Crippen LogP contribution is 2.35. The highest BCUT2D eigenvalue weighted by molar-refractivity contribution is 5.79. The molecule has 1 saturated heterocycles. The van der Waals surface area contributed by atoms with Crippen LogP contribution in [0.2, 0.25) is 0 Å². The molecule has 1 atom stereocenters. The van der Waals surface area contributed by atoms with Crippen molar-refractivity contribution in [2.24, 2.45) is 5.92 Å². The first-order valence-corrected chi connectivity index (χ1v) is 8.06. The molecule has 110 valence electrons. The second-order valence-corrected chi connectivity index (χ2v) is 6.33. The van der Waals surface area contributed by atoms with Crippen molar-refractivity contribution in [1.82, 2.24) is 4.90 Å². The summed E-state index contributed by atoms with van der Waals surface area (Å²) in [4.78, 5) is 14.7. The molecule has 1 aromatic rings. The smallest absolute Gasteiger partial charge is 0.227 e. The topological polar surface area (TPSA) is 44.1 Å². The van der Waals surface area contributed by atoms with Gasteiger partial charge in [0, 0.05) is 12.6 Å². The van der Waals surface area contributed by atoms with E-state index in [1.807, 2.05) is 12.1 Å². The van der Waals surface area contributed by atoms with Crippen LogP contribution < -0.4 is 0 Å². The Morgan fingerprint density at radius 3 is 2.52 bits per heavy atom. The normalized spacial score (nSPS) is 22.4. The molecule has 3 rings (SSSR count). The Balaban J connectivity index is 1.64. The maximum absolute atomic E-state index is 12.6. The number of nitriles is 1. The molecule has 0 radical (unpaired) electrons. The van der Waals surface area contributed by atoms with Gasteiger partial charge in [0.2, 0.25) is 5.91 Å². The number of carbonyl (C=O) groups excluding carboxylic acids is 1. The summed E-state index contributed by atoms with van der Waals surface area (Å²) in [6.07, 6.45) is 8.06. The van der Waals surface area contributed by atoms with Crippen LogP contribution in [0, 0.1) is 17.2 Å². The molecular formula is C18H22N2O. The summed E-state index contributed by atoms with van der Waals surface area (Å²) >= 11 is 0. The van der Waals surface area contributed by atoms with Crippen molar-refractivity contribution in [3.8, 4) is 6.07 Å². The minimum atomic E-state index is 0.258. The van der Waals surface area contributed by atoms with Crippen molar-refractivity contribution in [3.63, 3.8) is 0 Å². The molecule has 0 N–H and O–H groups in total. The van der Waals surface area contributed by atoms with Crippen molar-refractivity contribution >= 4 is 5.91 Å². The van der Waals surface area contributed by atoms with Crippen molar-refractivity contribution in [2.75, 3.05) is 6.54 Å². The first-order chi connectivity index (χ1) is 10.3. The molecule has 3 nitrogen and oxygen atoms in total. The molecule has 1 aliphatic carbocycles. The Hall–Kier alpha value is -1.82. The van der Waals surface area contributed by atoms with E-state index >= 15 is 0 Å². The predicted molar refractivity (Wildman–Crippen MR) is 81.6 cm³/mol. The lowest BCUT2D eigenvalue weighted by atomic mass is 9.95. The van der Waals surface area contributed by atoms with Crippen molar-refractivity contribution < 1.29 is 4.79 Å². The van der Waals surface area contributed by atoms with E-state index in [9.17, 15) is 4.79 Å². The number of rotatable bonds is 3. The van der Waals surface area contributed by atoms with Crippen LogP contribution >= 0.6 is 0 Å². The highest BCUT2D eigenvalue weighted by Gasteiger charge is 2.35. The molecular weight excluding hydrogens is 260 g/mol. The van der Waals surface area contributed by atoms with Gasteiger partial charge in [-0.05, 0) is 49.3 Å². The summed E-state index contributed by atoms with van der Waals surface area (Å²) in [6.45, 7) is 0.927. The van der Waals surface area contributed by atoms with E-state index in [2.05, 4.69) is 11.0 Å². The van der Waals surface area contributed by atoms with Gasteiger partial charge in [0.15, 0.2) is 0 Å². The van der Waals surface area contributed by atoms with Gasteiger partial charge in [0.1, 0.15) is 0 Å². The molecule has 1 aliphatic heterocycles. The molecule has 2 fully saturated rings. The van der Waals surface area contributed by atoms with Crippen LogP contribution in [-0.2, 0) is 11.2 Å². The summed E-state index contributed by atoms with van der Waals surface area (Å²) in [6, 6.07) is 9.98. The third-order valence-electron chi connectivity index (χ3n) is 5.00. The fraction of sp³-hybridized carbons (Fsp3) is 0.556. The zero-order valence-corrected chi connectivity index (χ0v) is 12.4. The first kappa shape index (κ1) is 14.1. The Bertz CT molecular complexity index is 537. The first-order valence-electron chi connectivity index (χ1n) is 8.06. The Morgan fingerprint density at radius 1 is 1.14 bits per heavy atom. The second kappa shape index (κ2) is 6.30. The van der Waals surface area contributed by atoms with Gasteiger partial charge >= 0.3 is 0 Å². The minimum absolute atomic E-state index is 0.258. The van der Waals surface area contributed by atoms with Crippen LogP contribution in [0.15, 0.2) is 24.3 Å². The lowest BCUT2D eigenvalue weighted by Crippen LogP contribution is -2.40. The van der Waals surface area contributed by atoms with E-state index in [0.29, 0.717) is 18.0 Å². The van der Waals surface area contributed by atoms with Crippen molar-refractivity contribution in [2.45, 2.75) is 51.0 Å². The van der Waals surface area contributed by atoms with E-state index in [-0.39, 0.29) is 5.91 Å². The Morgan fingerprint density at radius 2 is 1.86 bits per heavy atom. The predicted octanol–water partition coefficient (Wildman–Crippen LogP) is 3.28. The Kier molecular flexibility index (Phi) is 4.24. The van der Waals surface area contributed by atoms with Crippen LogP contribution in [0.1, 0.15) is 49.7 Å². The number of benzene rings is 1. The van der Waals surface area contributed by atoms with Crippen LogP contribution in [-0.4, -0.2) is 23.4 Å². The highest BCUT2D eigenvalue weighted by atomic mass is 16.2. The number of amides is 1. The van der Waals surface area contributed by atoms with Gasteiger partial charge in [-0.1, -0.05) is 25.0 Å². The third-order valence-corrected chi connectivity index (χ3v) is 5.00. The molecule has 1 amide bonds. The molecule has 2 aliphatic rings. The third kappa shape index (κ3) is 3.10. The van der Waals surface area contributed by atoms with E-state index in [0.717, 1.165) is 24.4 Å². The molecule has 1 unspecified atom stereocenters. The summed E-state index contributed by atoms with van der Waals surface area (Å²) in [5, 5.41) is 8.81. The van der Waals surface area contributed by atoms with Crippen LogP contribution in [0.3, 0.4) is 0 Å². The second-order valence-electron chi connectivity index (χ2n) is 6.33. The van der Waals surface area contributed by atoms with Gasteiger partial charge in [-0.25, -0.2) is 0 Å². The molecule has 21 heavy (non-hydrogen) atoms. The van der Waals surface area contributed by atoms with Gasteiger partial charge in [0.25, 0.3) is 0 Å². The summed E-state index contributed by atoms with van der Waals surface area (Å²) in [5.41, 5.74) is 1.66. The van der Waals surface area contributed by atoms with Crippen molar-refractivity contribution in [3.05, 3.63) is 35.4 Å². The SMILES string of the molecule is N#Cc1ccc(CC(=O)N2CCCC2C2CCCC2)cc1. The standard InChI is InChI=1S/C18H22N2O/c19-13-15-9-7-14(8-10-15)12-18(21)20-11-3-6-17(20)16-4-1-2-5-16/h7-10,16-17H,1-6,11-12H2. The molecule has 1 heterocycles. The number of nitrogens with zero attached hydrogens (tertiary/aromatic N) is 2. The van der Waals surface area contributed by atoms with Crippen LogP contribution in [0.5, 0.6) is 0 Å². The van der Waals surface area contributed by atoms with Gasteiger partial charge in [-0.2, -0.15) is 5.26 Å². The van der Waals surface area contributed by atoms with E-state index in [1.54, 1.807) is 12.1 Å². The molecule has 1 saturated carbocycles. The lowest BCUT2D eigenvalue weighted by Gasteiger charge is -2.29. The average Bonchev–Trinajstić information content (AvgIpc) is 3.18. The van der Waals surface area contributed by atoms with Crippen molar-refractivity contribution in [1.29, 1.82) is 5.26 Å². The molecule has 0 bridgehead atoms. The zero-order valence-electron chi connectivity index (χ0n) is 12.4. The molecule has 0 spiro atoms. The molecule has 1 aromatic carbocycles. The minimum Gasteiger partial charge on any atom is -0.339 e. The number of likely N-dealkylation sites (tertiary alicyclic amines) is 1.